The van der Waals surface area contributed by atoms with Crippen LogP contribution in [0.2, 0.25) is 0 Å². The molecule has 0 radical (unpaired) electrons. The molecule has 3 heterocycles. The smallest absolute Gasteiger partial charge is 0.183 e. The third kappa shape index (κ3) is 1.87. The van der Waals surface area contributed by atoms with Crippen molar-refractivity contribution in [3.05, 3.63) is 22.8 Å². The standard InChI is InChI=1S/C14H15N5S/c15-12-11-14(17-7-16-12)19-13(18-11)10-6-8-4-2-1-3-5-9(8)20-10/h6-7H,1-5H2,(H3,15,16,17,18,19). The van der Waals surface area contributed by atoms with Crippen LogP contribution >= 0.6 is 11.3 Å². The lowest BCUT2D eigenvalue weighted by atomic mass is 10.1. The van der Waals surface area contributed by atoms with Crippen LogP contribution in [0.5, 0.6) is 0 Å². The van der Waals surface area contributed by atoms with Crippen LogP contribution in [0.15, 0.2) is 12.4 Å². The zero-order chi connectivity index (χ0) is 13.5. The first kappa shape index (κ1) is 11.8. The van der Waals surface area contributed by atoms with Crippen LogP contribution in [0.25, 0.3) is 21.9 Å². The lowest BCUT2D eigenvalue weighted by Gasteiger charge is -1.92. The molecule has 0 atom stereocenters. The average Bonchev–Trinajstić information content (AvgIpc) is 2.99. The highest BCUT2D eigenvalue weighted by Gasteiger charge is 2.16. The van der Waals surface area contributed by atoms with E-state index in [0.29, 0.717) is 11.5 Å². The number of fused-ring (bicyclic) bond motifs is 2. The number of nitrogen functional groups attached to an aromatic ring is 1. The second kappa shape index (κ2) is 4.56. The first-order valence-electron chi connectivity index (χ1n) is 6.89. The monoisotopic (exact) mass is 285 g/mol. The van der Waals surface area contributed by atoms with E-state index < -0.39 is 0 Å². The molecule has 0 saturated carbocycles. The van der Waals surface area contributed by atoms with Crippen LogP contribution < -0.4 is 5.73 Å². The van der Waals surface area contributed by atoms with Gasteiger partial charge in [0.25, 0.3) is 0 Å². The molecular formula is C14H15N5S. The molecule has 0 saturated heterocycles. The molecule has 0 aliphatic heterocycles. The van der Waals surface area contributed by atoms with E-state index in [1.165, 1.54) is 53.7 Å². The summed E-state index contributed by atoms with van der Waals surface area (Å²) in [4.78, 5) is 18.6. The van der Waals surface area contributed by atoms with Crippen LogP contribution in [0.3, 0.4) is 0 Å². The fraction of sp³-hybridized carbons (Fsp3) is 0.357. The number of anilines is 1. The van der Waals surface area contributed by atoms with Gasteiger partial charge in [0.2, 0.25) is 0 Å². The fourth-order valence-electron chi connectivity index (χ4n) is 2.75. The van der Waals surface area contributed by atoms with Crippen molar-refractivity contribution >= 4 is 28.3 Å². The van der Waals surface area contributed by atoms with E-state index in [4.69, 9.17) is 5.73 Å². The predicted octanol–water partition coefficient (Wildman–Crippen LogP) is 2.93. The topological polar surface area (TPSA) is 80.5 Å². The number of H-pyrrole nitrogens is 1. The van der Waals surface area contributed by atoms with E-state index in [2.05, 4.69) is 26.0 Å². The molecule has 0 bridgehead atoms. The highest BCUT2D eigenvalue weighted by Crippen LogP contribution is 2.34. The summed E-state index contributed by atoms with van der Waals surface area (Å²) in [5.41, 5.74) is 8.70. The van der Waals surface area contributed by atoms with Crippen molar-refractivity contribution in [1.82, 2.24) is 19.9 Å². The Balaban J connectivity index is 1.81. The minimum Gasteiger partial charge on any atom is -0.382 e. The van der Waals surface area contributed by atoms with Gasteiger partial charge in [-0.05, 0) is 37.3 Å². The molecule has 1 aliphatic carbocycles. The Kier molecular flexibility index (Phi) is 2.70. The lowest BCUT2D eigenvalue weighted by molar-refractivity contribution is 0.713. The highest BCUT2D eigenvalue weighted by molar-refractivity contribution is 7.15. The zero-order valence-corrected chi connectivity index (χ0v) is 11.8. The van der Waals surface area contributed by atoms with Gasteiger partial charge in [-0.15, -0.1) is 11.3 Å². The Hall–Kier alpha value is -1.95. The predicted molar refractivity (Wildman–Crippen MR) is 80.7 cm³/mol. The summed E-state index contributed by atoms with van der Waals surface area (Å²) < 4.78 is 0. The molecule has 20 heavy (non-hydrogen) atoms. The van der Waals surface area contributed by atoms with Gasteiger partial charge in [0, 0.05) is 4.88 Å². The molecule has 3 N–H and O–H groups in total. The maximum absolute atomic E-state index is 5.85. The van der Waals surface area contributed by atoms with Gasteiger partial charge in [-0.2, -0.15) is 0 Å². The molecule has 4 rings (SSSR count). The molecule has 1 aliphatic rings. The van der Waals surface area contributed by atoms with Crippen LogP contribution in [0.4, 0.5) is 5.82 Å². The van der Waals surface area contributed by atoms with Gasteiger partial charge in [-0.25, -0.2) is 15.0 Å². The van der Waals surface area contributed by atoms with Gasteiger partial charge in [0.05, 0.1) is 4.88 Å². The van der Waals surface area contributed by atoms with Crippen LogP contribution in [-0.4, -0.2) is 19.9 Å². The second-order valence-electron chi connectivity index (χ2n) is 5.16. The first-order valence-corrected chi connectivity index (χ1v) is 7.71. The van der Waals surface area contributed by atoms with Gasteiger partial charge in [0.1, 0.15) is 11.8 Å². The third-order valence-electron chi connectivity index (χ3n) is 3.80. The zero-order valence-electron chi connectivity index (χ0n) is 11.0. The lowest BCUT2D eigenvalue weighted by Crippen LogP contribution is -1.91. The molecule has 0 aromatic carbocycles. The van der Waals surface area contributed by atoms with E-state index in [9.17, 15) is 0 Å². The van der Waals surface area contributed by atoms with Gasteiger partial charge >= 0.3 is 0 Å². The largest absolute Gasteiger partial charge is 0.382 e. The molecule has 0 spiro atoms. The normalized spacial score (nSPS) is 15.2. The number of hydrogen-bond donors (Lipinski definition) is 2. The van der Waals surface area contributed by atoms with Crippen molar-refractivity contribution in [2.45, 2.75) is 32.1 Å². The summed E-state index contributed by atoms with van der Waals surface area (Å²) in [7, 11) is 0. The number of aromatic amines is 1. The maximum atomic E-state index is 5.85. The van der Waals surface area contributed by atoms with Crippen molar-refractivity contribution in [2.75, 3.05) is 5.73 Å². The molecule has 6 heteroatoms. The van der Waals surface area contributed by atoms with Crippen molar-refractivity contribution < 1.29 is 0 Å². The van der Waals surface area contributed by atoms with Crippen molar-refractivity contribution in [3.63, 3.8) is 0 Å². The van der Waals surface area contributed by atoms with E-state index in [-0.39, 0.29) is 0 Å². The summed E-state index contributed by atoms with van der Waals surface area (Å²) in [6, 6.07) is 2.27. The van der Waals surface area contributed by atoms with Crippen molar-refractivity contribution in [1.29, 1.82) is 0 Å². The average molecular weight is 285 g/mol. The summed E-state index contributed by atoms with van der Waals surface area (Å²) >= 11 is 1.84. The number of aromatic nitrogens is 4. The number of aryl methyl sites for hydroxylation is 2. The Bertz CT molecular complexity index is 750. The molecule has 3 aromatic heterocycles. The minimum absolute atomic E-state index is 0.451. The molecule has 0 amide bonds. The van der Waals surface area contributed by atoms with Gasteiger partial charge in [-0.3, -0.25) is 0 Å². The Labute approximate surface area is 120 Å². The first-order chi connectivity index (χ1) is 9.81. The Morgan fingerprint density at radius 2 is 2.05 bits per heavy atom. The second-order valence-corrected chi connectivity index (χ2v) is 6.30. The summed E-state index contributed by atoms with van der Waals surface area (Å²) in [5, 5.41) is 0. The van der Waals surface area contributed by atoms with Gasteiger partial charge in [0.15, 0.2) is 17.3 Å². The summed E-state index contributed by atoms with van der Waals surface area (Å²) in [6.45, 7) is 0. The quantitative estimate of drug-likeness (QED) is 0.674. The van der Waals surface area contributed by atoms with E-state index >= 15 is 0 Å². The molecule has 3 aromatic rings. The molecule has 0 unspecified atom stereocenters. The number of nitrogens with two attached hydrogens (primary N) is 1. The van der Waals surface area contributed by atoms with Crippen molar-refractivity contribution in [3.8, 4) is 10.7 Å². The number of hydrogen-bond acceptors (Lipinski definition) is 5. The SMILES string of the molecule is Nc1ncnc2nc(-c3cc4c(s3)CCCCC4)[nH]c12. The number of rotatable bonds is 1. The highest BCUT2D eigenvalue weighted by atomic mass is 32.1. The van der Waals surface area contributed by atoms with Crippen LogP contribution in [0, 0.1) is 0 Å². The van der Waals surface area contributed by atoms with Crippen LogP contribution in [-0.2, 0) is 12.8 Å². The number of thiophene rings is 1. The summed E-state index contributed by atoms with van der Waals surface area (Å²) in [6.07, 6.45) is 7.77. The van der Waals surface area contributed by atoms with E-state index in [1.54, 1.807) is 0 Å². The number of nitrogens with one attached hydrogen (secondary N) is 1. The molecule has 5 nitrogen and oxygen atoms in total. The Morgan fingerprint density at radius 1 is 1.15 bits per heavy atom. The number of imidazole rings is 1. The van der Waals surface area contributed by atoms with E-state index in [0.717, 1.165) is 11.3 Å². The third-order valence-corrected chi connectivity index (χ3v) is 5.04. The fourth-order valence-corrected chi connectivity index (χ4v) is 3.95. The Morgan fingerprint density at radius 3 is 2.95 bits per heavy atom. The van der Waals surface area contributed by atoms with E-state index in [1.807, 2.05) is 11.3 Å². The molecular weight excluding hydrogens is 270 g/mol. The van der Waals surface area contributed by atoms with Gasteiger partial charge < -0.3 is 10.7 Å². The maximum Gasteiger partial charge on any atom is 0.183 e. The molecule has 0 fully saturated rings. The number of nitrogens with zero attached hydrogens (tertiary/aromatic N) is 3. The van der Waals surface area contributed by atoms with Crippen LogP contribution in [0.1, 0.15) is 29.7 Å². The van der Waals surface area contributed by atoms with Crippen molar-refractivity contribution in [2.24, 2.45) is 0 Å². The minimum atomic E-state index is 0.451. The summed E-state index contributed by atoms with van der Waals surface area (Å²) in [5.74, 6) is 1.30. The molecule has 102 valence electrons. The van der Waals surface area contributed by atoms with Gasteiger partial charge in [-0.1, -0.05) is 6.42 Å².